The van der Waals surface area contributed by atoms with Gasteiger partial charge in [0.15, 0.2) is 9.84 Å². The van der Waals surface area contributed by atoms with Crippen LogP contribution in [-0.2, 0) is 9.84 Å². The molecule has 0 aliphatic rings. The first-order valence-electron chi connectivity index (χ1n) is 6.09. The highest BCUT2D eigenvalue weighted by atomic mass is 32.2. The van der Waals surface area contributed by atoms with Gasteiger partial charge in [-0.2, -0.15) is 0 Å². The minimum atomic E-state index is -3.15. The van der Waals surface area contributed by atoms with Crippen LogP contribution in [-0.4, -0.2) is 31.4 Å². The van der Waals surface area contributed by atoms with E-state index in [1.54, 1.807) is 31.2 Å². The Kier molecular flexibility index (Phi) is 4.76. The molecule has 0 bridgehead atoms. The Balaban J connectivity index is 2.91. The first kappa shape index (κ1) is 15.0. The smallest absolute Gasteiger partial charge is 0.178 e. The predicted octanol–water partition coefficient (Wildman–Crippen LogP) is 2.05. The van der Waals surface area contributed by atoms with Gasteiger partial charge in [0.2, 0.25) is 0 Å². The largest absolute Gasteiger partial charge is 0.394 e. The maximum atomic E-state index is 11.6. The number of aliphatic hydroxyl groups excluding tert-OH is 1. The molecule has 0 aliphatic heterocycles. The fourth-order valence-corrected chi connectivity index (χ4v) is 2.38. The second kappa shape index (κ2) is 5.71. The molecule has 0 fully saturated rings. The molecule has 0 radical (unpaired) electrons. The minimum Gasteiger partial charge on any atom is -0.394 e. The Hall–Kier alpha value is -1.07. The van der Waals surface area contributed by atoms with Gasteiger partial charge in [-0.15, -0.1) is 0 Å². The fourth-order valence-electron chi connectivity index (χ4n) is 1.50. The van der Waals surface area contributed by atoms with Crippen LogP contribution in [0.25, 0.3) is 0 Å². The van der Waals surface area contributed by atoms with Crippen LogP contribution in [0.15, 0.2) is 29.2 Å². The Morgan fingerprint density at radius 1 is 1.22 bits per heavy atom. The normalized spacial score (nSPS) is 15.1. The molecule has 4 nitrogen and oxygen atoms in total. The Bertz CT molecular complexity index is 475. The maximum Gasteiger partial charge on any atom is 0.178 e. The average molecular weight is 271 g/mol. The average Bonchev–Trinajstić information content (AvgIpc) is 2.39. The molecule has 1 rings (SSSR count). The zero-order valence-corrected chi connectivity index (χ0v) is 11.9. The van der Waals surface area contributed by atoms with Gasteiger partial charge in [0, 0.05) is 5.69 Å². The van der Waals surface area contributed by atoms with Gasteiger partial charge in [-0.1, -0.05) is 13.8 Å². The van der Waals surface area contributed by atoms with Gasteiger partial charge in [0.1, 0.15) is 0 Å². The van der Waals surface area contributed by atoms with Crippen LogP contribution in [0.2, 0.25) is 0 Å². The van der Waals surface area contributed by atoms with E-state index in [0.29, 0.717) is 4.90 Å². The molecular formula is C13H21NO3S. The van der Waals surface area contributed by atoms with Crippen LogP contribution in [0.3, 0.4) is 0 Å². The van der Waals surface area contributed by atoms with Crippen LogP contribution in [0.4, 0.5) is 5.69 Å². The molecule has 0 saturated carbocycles. The van der Waals surface area contributed by atoms with Crippen molar-refractivity contribution in [3.8, 4) is 0 Å². The number of hydrogen-bond donors (Lipinski definition) is 2. The van der Waals surface area contributed by atoms with Crippen molar-refractivity contribution >= 4 is 15.5 Å². The maximum absolute atomic E-state index is 11.6. The monoisotopic (exact) mass is 271 g/mol. The molecule has 102 valence electrons. The van der Waals surface area contributed by atoms with Crippen LogP contribution >= 0.6 is 0 Å². The van der Waals surface area contributed by atoms with E-state index >= 15 is 0 Å². The Morgan fingerprint density at radius 3 is 2.17 bits per heavy atom. The van der Waals surface area contributed by atoms with Gasteiger partial charge >= 0.3 is 0 Å². The summed E-state index contributed by atoms with van der Waals surface area (Å²) >= 11 is 0. The minimum absolute atomic E-state index is 0.0263. The molecular weight excluding hydrogens is 250 g/mol. The number of sulfone groups is 1. The number of benzene rings is 1. The molecule has 1 unspecified atom stereocenters. The quantitative estimate of drug-likeness (QED) is 0.831. The first-order valence-corrected chi connectivity index (χ1v) is 7.74. The van der Waals surface area contributed by atoms with Gasteiger partial charge in [0.05, 0.1) is 22.8 Å². The van der Waals surface area contributed by atoms with Crippen LogP contribution in [0, 0.1) is 0 Å². The molecule has 0 aliphatic carbocycles. The van der Waals surface area contributed by atoms with Crippen molar-refractivity contribution in [3.63, 3.8) is 0 Å². The molecule has 5 heteroatoms. The van der Waals surface area contributed by atoms with Crippen molar-refractivity contribution in [2.24, 2.45) is 0 Å². The van der Waals surface area contributed by atoms with Gasteiger partial charge in [-0.25, -0.2) is 8.42 Å². The molecule has 0 heterocycles. The molecule has 18 heavy (non-hydrogen) atoms. The molecule has 2 N–H and O–H groups in total. The lowest BCUT2D eigenvalue weighted by atomic mass is 10.00. The second-order valence-electron chi connectivity index (χ2n) is 4.63. The van der Waals surface area contributed by atoms with E-state index in [1.807, 2.05) is 13.8 Å². The number of nitrogens with one attached hydrogen (secondary N) is 1. The lowest BCUT2D eigenvalue weighted by molar-refractivity contribution is 0.219. The number of hydrogen-bond acceptors (Lipinski definition) is 4. The number of rotatable bonds is 6. The summed E-state index contributed by atoms with van der Waals surface area (Å²) in [5.41, 5.74) is 0.425. The molecule has 1 atom stereocenters. The summed E-state index contributed by atoms with van der Waals surface area (Å²) in [6.07, 6.45) is 0.776. The van der Waals surface area contributed by atoms with E-state index in [0.717, 1.165) is 12.1 Å². The highest BCUT2D eigenvalue weighted by Crippen LogP contribution is 2.20. The van der Waals surface area contributed by atoms with E-state index in [9.17, 15) is 13.5 Å². The molecule has 1 aromatic carbocycles. The highest BCUT2D eigenvalue weighted by Gasteiger charge is 2.20. The molecule has 0 aromatic heterocycles. The highest BCUT2D eigenvalue weighted by molar-refractivity contribution is 7.91. The summed E-state index contributed by atoms with van der Waals surface area (Å²) in [6.45, 7) is 5.56. The summed E-state index contributed by atoms with van der Waals surface area (Å²) in [5.74, 6) is 0.100. The first-order chi connectivity index (χ1) is 8.37. The molecule has 0 spiro atoms. The standard InChI is InChI=1S/C13H21NO3S/c1-4-13(3,10-15)14-11-6-8-12(9-7-11)18(16,17)5-2/h6-9,14-15H,4-5,10H2,1-3H3. The van der Waals surface area contributed by atoms with Crippen molar-refractivity contribution in [2.45, 2.75) is 37.6 Å². The van der Waals surface area contributed by atoms with Crippen molar-refractivity contribution in [3.05, 3.63) is 24.3 Å². The van der Waals surface area contributed by atoms with Gasteiger partial charge in [-0.05, 0) is 37.6 Å². The van der Waals surface area contributed by atoms with E-state index < -0.39 is 9.84 Å². The summed E-state index contributed by atoms with van der Waals surface area (Å²) in [4.78, 5) is 0.331. The zero-order chi connectivity index (χ0) is 13.8. The third kappa shape index (κ3) is 3.46. The van der Waals surface area contributed by atoms with E-state index in [-0.39, 0.29) is 17.9 Å². The van der Waals surface area contributed by atoms with Crippen LogP contribution in [0.5, 0.6) is 0 Å². The van der Waals surface area contributed by atoms with Crippen LogP contribution in [0.1, 0.15) is 27.2 Å². The number of anilines is 1. The van der Waals surface area contributed by atoms with Gasteiger partial charge in [0.25, 0.3) is 0 Å². The SMILES string of the molecule is CCC(C)(CO)Nc1ccc(S(=O)(=O)CC)cc1. The van der Waals surface area contributed by atoms with Crippen molar-refractivity contribution in [2.75, 3.05) is 17.7 Å². The molecule has 1 aromatic rings. The molecule has 0 amide bonds. The third-order valence-electron chi connectivity index (χ3n) is 3.17. The topological polar surface area (TPSA) is 66.4 Å². The summed E-state index contributed by atoms with van der Waals surface area (Å²) in [7, 11) is -3.15. The lowest BCUT2D eigenvalue weighted by Crippen LogP contribution is -2.37. The van der Waals surface area contributed by atoms with E-state index in [1.165, 1.54) is 0 Å². The van der Waals surface area contributed by atoms with Crippen molar-refractivity contribution in [1.82, 2.24) is 0 Å². The molecule has 0 saturated heterocycles. The predicted molar refractivity (Wildman–Crippen MR) is 73.6 cm³/mol. The third-order valence-corrected chi connectivity index (χ3v) is 4.92. The van der Waals surface area contributed by atoms with E-state index in [4.69, 9.17) is 0 Å². The van der Waals surface area contributed by atoms with E-state index in [2.05, 4.69) is 5.32 Å². The number of aliphatic hydroxyl groups is 1. The summed E-state index contributed by atoms with van der Waals surface area (Å²) in [6, 6.07) is 6.64. The second-order valence-corrected chi connectivity index (χ2v) is 6.90. The van der Waals surface area contributed by atoms with Crippen molar-refractivity contribution in [1.29, 1.82) is 0 Å². The fraction of sp³-hybridized carbons (Fsp3) is 0.538. The Morgan fingerprint density at radius 2 is 1.78 bits per heavy atom. The van der Waals surface area contributed by atoms with Gasteiger partial charge < -0.3 is 10.4 Å². The summed E-state index contributed by atoms with van der Waals surface area (Å²) in [5, 5.41) is 12.5. The van der Waals surface area contributed by atoms with Crippen LogP contribution < -0.4 is 5.32 Å². The van der Waals surface area contributed by atoms with Crippen molar-refractivity contribution < 1.29 is 13.5 Å². The lowest BCUT2D eigenvalue weighted by Gasteiger charge is -2.28. The summed E-state index contributed by atoms with van der Waals surface area (Å²) < 4.78 is 23.3. The Labute approximate surface area is 109 Å². The van der Waals surface area contributed by atoms with Gasteiger partial charge in [-0.3, -0.25) is 0 Å². The zero-order valence-electron chi connectivity index (χ0n) is 11.1.